The van der Waals surface area contributed by atoms with Crippen molar-refractivity contribution in [1.29, 1.82) is 0 Å². The second-order valence-electron chi connectivity index (χ2n) is 4.56. The molecule has 0 unspecified atom stereocenters. The summed E-state index contributed by atoms with van der Waals surface area (Å²) in [4.78, 5) is 15.2. The molecule has 2 nitrogen and oxygen atoms in total. The molecule has 0 atom stereocenters. The predicted molar refractivity (Wildman–Crippen MR) is 79.7 cm³/mol. The average molecular weight is 303 g/mol. The molecule has 2 aromatic carbocycles. The maximum Gasteiger partial charge on any atom is 0.176 e. The van der Waals surface area contributed by atoms with Crippen LogP contribution in [0, 0.1) is 11.6 Å². The lowest BCUT2D eigenvalue weighted by atomic mass is 10.1. The standard InChI is InChI=1S/C16H11F2NOS/c17-11-5-6-12(13(18)8-11)15(20)9-21-16-7-10-3-1-2-4-14(10)19-16/h1-8,19H,9H2. The molecule has 106 valence electrons. The van der Waals surface area contributed by atoms with Crippen molar-refractivity contribution in [1.82, 2.24) is 4.98 Å². The first kappa shape index (κ1) is 13.8. The van der Waals surface area contributed by atoms with Gasteiger partial charge in [0.05, 0.1) is 16.3 Å². The lowest BCUT2D eigenvalue weighted by Crippen LogP contribution is -2.05. The fraction of sp³-hybridized carbons (Fsp3) is 0.0625. The molecule has 3 rings (SSSR count). The van der Waals surface area contributed by atoms with Gasteiger partial charge in [-0.05, 0) is 24.3 Å². The normalized spacial score (nSPS) is 11.0. The minimum Gasteiger partial charge on any atom is -0.350 e. The molecule has 0 saturated heterocycles. The average Bonchev–Trinajstić information content (AvgIpc) is 2.87. The van der Waals surface area contributed by atoms with Gasteiger partial charge in [-0.2, -0.15) is 0 Å². The highest BCUT2D eigenvalue weighted by atomic mass is 32.2. The minimum atomic E-state index is -0.822. The third-order valence-electron chi connectivity index (χ3n) is 3.10. The molecular weight excluding hydrogens is 292 g/mol. The Morgan fingerprint density at radius 3 is 2.67 bits per heavy atom. The zero-order valence-corrected chi connectivity index (χ0v) is 11.7. The van der Waals surface area contributed by atoms with Crippen LogP contribution in [-0.2, 0) is 0 Å². The van der Waals surface area contributed by atoms with Crippen LogP contribution in [0.4, 0.5) is 8.78 Å². The molecule has 1 heterocycles. The SMILES string of the molecule is O=C(CSc1cc2ccccc2[nH]1)c1ccc(F)cc1F. The van der Waals surface area contributed by atoms with Gasteiger partial charge in [0.1, 0.15) is 11.6 Å². The van der Waals surface area contributed by atoms with Crippen molar-refractivity contribution in [2.24, 2.45) is 0 Å². The first-order valence-corrected chi connectivity index (χ1v) is 7.31. The van der Waals surface area contributed by atoms with Gasteiger partial charge in [-0.1, -0.05) is 18.2 Å². The minimum absolute atomic E-state index is 0.0833. The first-order chi connectivity index (χ1) is 10.1. The lowest BCUT2D eigenvalue weighted by molar-refractivity contribution is 0.101. The van der Waals surface area contributed by atoms with Gasteiger partial charge in [0.15, 0.2) is 5.78 Å². The molecule has 0 aliphatic carbocycles. The third kappa shape index (κ3) is 2.97. The predicted octanol–water partition coefficient (Wildman–Crippen LogP) is 4.42. The van der Waals surface area contributed by atoms with Crippen molar-refractivity contribution in [3.63, 3.8) is 0 Å². The Labute approximate surface area is 124 Å². The Kier molecular flexibility index (Phi) is 3.75. The van der Waals surface area contributed by atoms with E-state index < -0.39 is 11.6 Å². The molecule has 3 aromatic rings. The Balaban J connectivity index is 1.73. The van der Waals surface area contributed by atoms with E-state index in [9.17, 15) is 13.6 Å². The van der Waals surface area contributed by atoms with Gasteiger partial charge in [-0.15, -0.1) is 11.8 Å². The molecule has 21 heavy (non-hydrogen) atoms. The molecule has 1 N–H and O–H groups in total. The zero-order valence-electron chi connectivity index (χ0n) is 10.9. The van der Waals surface area contributed by atoms with Crippen LogP contribution in [0.5, 0.6) is 0 Å². The molecular formula is C16H11F2NOS. The third-order valence-corrected chi connectivity index (χ3v) is 4.03. The molecule has 0 bridgehead atoms. The fourth-order valence-electron chi connectivity index (χ4n) is 2.06. The molecule has 0 aliphatic rings. The Morgan fingerprint density at radius 1 is 1.10 bits per heavy atom. The van der Waals surface area contributed by atoms with E-state index in [-0.39, 0.29) is 17.1 Å². The number of aromatic amines is 1. The number of Topliss-reactive ketones (excluding diaryl/α,β-unsaturated/α-hetero) is 1. The first-order valence-electron chi connectivity index (χ1n) is 6.32. The van der Waals surface area contributed by atoms with Crippen LogP contribution in [0.15, 0.2) is 53.6 Å². The van der Waals surface area contributed by atoms with Gasteiger partial charge < -0.3 is 4.98 Å². The maximum atomic E-state index is 13.5. The van der Waals surface area contributed by atoms with Crippen molar-refractivity contribution in [2.75, 3.05) is 5.75 Å². The summed E-state index contributed by atoms with van der Waals surface area (Å²) in [5, 5.41) is 1.90. The number of aromatic nitrogens is 1. The van der Waals surface area contributed by atoms with Crippen LogP contribution < -0.4 is 0 Å². The highest BCUT2D eigenvalue weighted by molar-refractivity contribution is 7.99. The van der Waals surface area contributed by atoms with E-state index in [1.807, 2.05) is 30.3 Å². The highest BCUT2D eigenvalue weighted by Crippen LogP contribution is 2.24. The molecule has 0 saturated carbocycles. The van der Waals surface area contributed by atoms with Gasteiger partial charge in [0.25, 0.3) is 0 Å². The number of para-hydroxylation sites is 1. The quantitative estimate of drug-likeness (QED) is 0.571. The van der Waals surface area contributed by atoms with Gasteiger partial charge >= 0.3 is 0 Å². The van der Waals surface area contributed by atoms with Crippen LogP contribution in [0.1, 0.15) is 10.4 Å². The molecule has 1 aromatic heterocycles. The second kappa shape index (κ2) is 5.69. The van der Waals surface area contributed by atoms with Gasteiger partial charge in [0, 0.05) is 17.0 Å². The second-order valence-corrected chi connectivity index (χ2v) is 5.57. The van der Waals surface area contributed by atoms with Crippen molar-refractivity contribution in [2.45, 2.75) is 5.03 Å². The van der Waals surface area contributed by atoms with E-state index in [4.69, 9.17) is 0 Å². The summed E-state index contributed by atoms with van der Waals surface area (Å²) in [6.07, 6.45) is 0. The molecule has 0 aliphatic heterocycles. The monoisotopic (exact) mass is 303 g/mol. The Morgan fingerprint density at radius 2 is 1.90 bits per heavy atom. The Hall–Kier alpha value is -2.14. The summed E-state index contributed by atoms with van der Waals surface area (Å²) in [6.45, 7) is 0. The number of hydrogen-bond donors (Lipinski definition) is 1. The molecule has 0 amide bonds. The van der Waals surface area contributed by atoms with Crippen molar-refractivity contribution >= 4 is 28.4 Å². The fourth-order valence-corrected chi connectivity index (χ4v) is 2.90. The van der Waals surface area contributed by atoms with Crippen molar-refractivity contribution in [3.8, 4) is 0 Å². The molecule has 0 spiro atoms. The summed E-state index contributed by atoms with van der Waals surface area (Å²) in [5.41, 5.74) is 0.903. The number of carbonyl (C=O) groups excluding carboxylic acids is 1. The van der Waals surface area contributed by atoms with Crippen LogP contribution in [0.3, 0.4) is 0 Å². The van der Waals surface area contributed by atoms with Gasteiger partial charge in [0.2, 0.25) is 0 Å². The van der Waals surface area contributed by atoms with Crippen LogP contribution >= 0.6 is 11.8 Å². The van der Waals surface area contributed by atoms with E-state index in [0.717, 1.165) is 28.1 Å². The number of fused-ring (bicyclic) bond motifs is 1. The zero-order chi connectivity index (χ0) is 14.8. The summed E-state index contributed by atoms with van der Waals surface area (Å²) >= 11 is 1.30. The van der Waals surface area contributed by atoms with E-state index in [0.29, 0.717) is 0 Å². The highest BCUT2D eigenvalue weighted by Gasteiger charge is 2.13. The molecule has 0 fully saturated rings. The van der Waals surface area contributed by atoms with Crippen molar-refractivity contribution in [3.05, 3.63) is 65.7 Å². The lowest BCUT2D eigenvalue weighted by Gasteiger charge is -2.02. The number of halogens is 2. The summed E-state index contributed by atoms with van der Waals surface area (Å²) in [5.74, 6) is -1.78. The number of H-pyrrole nitrogens is 1. The van der Waals surface area contributed by atoms with Gasteiger partial charge in [-0.3, -0.25) is 4.79 Å². The van der Waals surface area contributed by atoms with E-state index in [2.05, 4.69) is 4.98 Å². The Bertz CT molecular complexity index is 780. The summed E-state index contributed by atoms with van der Waals surface area (Å²) in [6, 6.07) is 12.7. The van der Waals surface area contributed by atoms with E-state index >= 15 is 0 Å². The van der Waals surface area contributed by atoms with Crippen LogP contribution in [0.2, 0.25) is 0 Å². The topological polar surface area (TPSA) is 32.9 Å². The van der Waals surface area contributed by atoms with Crippen LogP contribution in [-0.4, -0.2) is 16.5 Å². The number of thioether (sulfide) groups is 1. The maximum absolute atomic E-state index is 13.5. The van der Waals surface area contributed by atoms with E-state index in [1.165, 1.54) is 17.8 Å². The van der Waals surface area contributed by atoms with Gasteiger partial charge in [-0.25, -0.2) is 8.78 Å². The largest absolute Gasteiger partial charge is 0.350 e. The molecule has 0 radical (unpaired) electrons. The van der Waals surface area contributed by atoms with E-state index in [1.54, 1.807) is 0 Å². The smallest absolute Gasteiger partial charge is 0.176 e. The number of carbonyl (C=O) groups is 1. The number of hydrogen-bond acceptors (Lipinski definition) is 2. The number of rotatable bonds is 4. The number of nitrogens with one attached hydrogen (secondary N) is 1. The summed E-state index contributed by atoms with van der Waals surface area (Å²) in [7, 11) is 0. The van der Waals surface area contributed by atoms with Crippen LogP contribution in [0.25, 0.3) is 10.9 Å². The van der Waals surface area contributed by atoms with Crippen molar-refractivity contribution < 1.29 is 13.6 Å². The number of benzene rings is 2. The molecule has 5 heteroatoms. The summed E-state index contributed by atoms with van der Waals surface area (Å²) < 4.78 is 26.3. The number of ketones is 1.